The molecule has 0 unspecified atom stereocenters. The van der Waals surface area contributed by atoms with Crippen LogP contribution in [-0.2, 0) is 4.79 Å². The van der Waals surface area contributed by atoms with Gasteiger partial charge in [0.05, 0.1) is 33.6 Å². The van der Waals surface area contributed by atoms with Crippen LogP contribution in [0.2, 0.25) is 5.02 Å². The summed E-state index contributed by atoms with van der Waals surface area (Å²) in [6.07, 6.45) is 1.53. The smallest absolute Gasteiger partial charge is 0.318 e. The number of nitro benzene ring substituents is 2. The highest BCUT2D eigenvalue weighted by Gasteiger charge is 2.34. The van der Waals surface area contributed by atoms with Crippen LogP contribution in [0.4, 0.5) is 17.1 Å². The fraction of sp³-hybridized carbons (Fsp3) is 0.0435. The molecule has 182 valence electrons. The van der Waals surface area contributed by atoms with E-state index in [1.165, 1.54) is 18.1 Å². The molecule has 1 amide bonds. The van der Waals surface area contributed by atoms with Crippen molar-refractivity contribution in [1.82, 2.24) is 0 Å². The quantitative estimate of drug-likeness (QED) is 0.145. The topological polar surface area (TPSA) is 125 Å². The van der Waals surface area contributed by atoms with Crippen molar-refractivity contribution in [2.24, 2.45) is 0 Å². The molecule has 0 aromatic heterocycles. The zero-order chi connectivity index (χ0) is 26.0. The van der Waals surface area contributed by atoms with Gasteiger partial charge in [0.2, 0.25) is 5.75 Å². The Morgan fingerprint density at radius 1 is 1.03 bits per heavy atom. The average Bonchev–Trinajstić information content (AvgIpc) is 3.12. The molecule has 0 aliphatic carbocycles. The van der Waals surface area contributed by atoms with Gasteiger partial charge >= 0.3 is 5.69 Å². The number of anilines is 1. The van der Waals surface area contributed by atoms with Crippen molar-refractivity contribution in [3.63, 3.8) is 0 Å². The summed E-state index contributed by atoms with van der Waals surface area (Å²) in [4.78, 5) is 35.9. The second-order valence-electron chi connectivity index (χ2n) is 7.14. The van der Waals surface area contributed by atoms with E-state index < -0.39 is 21.2 Å². The number of para-hydroxylation sites is 1. The molecule has 0 atom stereocenters. The van der Waals surface area contributed by atoms with Crippen molar-refractivity contribution >= 4 is 68.9 Å². The third-order valence-corrected chi connectivity index (χ3v) is 6.48. The second-order valence-corrected chi connectivity index (χ2v) is 9.26. The Bertz CT molecular complexity index is 1460. The van der Waals surface area contributed by atoms with Crippen LogP contribution in [0.15, 0.2) is 65.6 Å². The molecule has 10 nitrogen and oxygen atoms in total. The van der Waals surface area contributed by atoms with Gasteiger partial charge in [-0.25, -0.2) is 0 Å². The molecule has 3 aromatic carbocycles. The predicted octanol–water partition coefficient (Wildman–Crippen LogP) is 6.36. The molecule has 13 heteroatoms. The van der Waals surface area contributed by atoms with Crippen LogP contribution in [0.5, 0.6) is 17.2 Å². The number of nitro groups is 2. The van der Waals surface area contributed by atoms with E-state index in [9.17, 15) is 25.0 Å². The minimum absolute atomic E-state index is 0.0741. The number of non-ortho nitro benzene ring substituents is 1. The second kappa shape index (κ2) is 10.3. The molecule has 3 aromatic rings. The fourth-order valence-corrected chi connectivity index (χ4v) is 4.80. The van der Waals surface area contributed by atoms with Crippen LogP contribution < -0.4 is 14.4 Å². The molecule has 4 rings (SSSR count). The summed E-state index contributed by atoms with van der Waals surface area (Å²) in [6, 6.07) is 14.6. The average molecular weight is 544 g/mol. The molecule has 0 bridgehead atoms. The van der Waals surface area contributed by atoms with E-state index in [1.54, 1.807) is 42.5 Å². The number of nitrogens with zero attached hydrogens (tertiary/aromatic N) is 3. The van der Waals surface area contributed by atoms with Crippen molar-refractivity contribution < 1.29 is 24.1 Å². The Morgan fingerprint density at radius 2 is 1.78 bits per heavy atom. The highest BCUT2D eigenvalue weighted by atomic mass is 35.5. The van der Waals surface area contributed by atoms with Gasteiger partial charge in [-0.1, -0.05) is 53.8 Å². The maximum atomic E-state index is 13.2. The first kappa shape index (κ1) is 25.1. The third-order valence-electron chi connectivity index (χ3n) is 4.94. The van der Waals surface area contributed by atoms with Gasteiger partial charge in [-0.05, 0) is 36.4 Å². The van der Waals surface area contributed by atoms with Gasteiger partial charge in [-0.2, -0.15) is 0 Å². The number of carbonyl (C=O) groups excluding carboxylic acids is 1. The zero-order valence-corrected chi connectivity index (χ0v) is 20.6. The molecule has 1 saturated heterocycles. The molecule has 1 heterocycles. The van der Waals surface area contributed by atoms with E-state index in [0.29, 0.717) is 20.6 Å². The number of hydrogen-bond donors (Lipinski definition) is 0. The van der Waals surface area contributed by atoms with Gasteiger partial charge in [-0.15, -0.1) is 0 Å². The Morgan fingerprint density at radius 3 is 2.44 bits per heavy atom. The van der Waals surface area contributed by atoms with Gasteiger partial charge < -0.3 is 9.47 Å². The van der Waals surface area contributed by atoms with Crippen LogP contribution in [0.1, 0.15) is 5.56 Å². The molecule has 0 spiro atoms. The number of methoxy groups -OCH3 is 1. The third kappa shape index (κ3) is 5.00. The number of halogens is 1. The van der Waals surface area contributed by atoms with Crippen LogP contribution in [0.3, 0.4) is 0 Å². The number of amides is 1. The fourth-order valence-electron chi connectivity index (χ4n) is 3.32. The molecular formula is C23H14ClN3O7S2. The monoisotopic (exact) mass is 543 g/mol. The number of ether oxygens (including phenoxy) is 2. The molecule has 1 aliphatic heterocycles. The van der Waals surface area contributed by atoms with Crippen LogP contribution in [-0.4, -0.2) is 27.2 Å². The summed E-state index contributed by atoms with van der Waals surface area (Å²) >= 11 is 12.5. The zero-order valence-electron chi connectivity index (χ0n) is 18.2. The highest BCUT2D eigenvalue weighted by Crippen LogP contribution is 2.43. The summed E-state index contributed by atoms with van der Waals surface area (Å²) in [5.41, 5.74) is -0.182. The molecule has 0 saturated carbocycles. The van der Waals surface area contributed by atoms with Gasteiger partial charge in [0.1, 0.15) is 0 Å². The van der Waals surface area contributed by atoms with E-state index in [1.807, 2.05) is 0 Å². The van der Waals surface area contributed by atoms with Gasteiger partial charge in [0, 0.05) is 16.7 Å². The number of thioether (sulfide) groups is 1. The number of rotatable bonds is 7. The van der Waals surface area contributed by atoms with Crippen molar-refractivity contribution in [2.75, 3.05) is 12.0 Å². The summed E-state index contributed by atoms with van der Waals surface area (Å²) in [7, 11) is 1.38. The SMILES string of the molecule is COc1cccc(/C=C2\SC(=S)N(c3cccc(Cl)c3)C2=O)c1Oc1ccc([N+](=O)[O-])cc1[N+](=O)[O-]. The van der Waals surface area contributed by atoms with E-state index >= 15 is 0 Å². The van der Waals surface area contributed by atoms with Gasteiger partial charge in [0.25, 0.3) is 11.6 Å². The minimum Gasteiger partial charge on any atom is -0.493 e. The van der Waals surface area contributed by atoms with Crippen LogP contribution >= 0.6 is 35.6 Å². The standard InChI is InChI=1S/C23H14ClN3O7S2/c1-33-19-7-2-4-13(21(19)34-18-9-8-16(26(29)30)12-17(18)27(31)32)10-20-22(28)25(23(35)36-20)15-6-3-5-14(24)11-15/h2-12H,1H3/b20-10-. The molecule has 1 fully saturated rings. The van der Waals surface area contributed by atoms with E-state index in [0.717, 1.165) is 30.0 Å². The van der Waals surface area contributed by atoms with Gasteiger partial charge in [0.15, 0.2) is 15.8 Å². The van der Waals surface area contributed by atoms with Crippen molar-refractivity contribution in [1.29, 1.82) is 0 Å². The van der Waals surface area contributed by atoms with Crippen LogP contribution in [0.25, 0.3) is 6.08 Å². The van der Waals surface area contributed by atoms with Crippen LogP contribution in [0, 0.1) is 20.2 Å². The first-order valence-corrected chi connectivity index (χ1v) is 11.6. The minimum atomic E-state index is -0.784. The number of thiocarbonyl (C=S) groups is 1. The summed E-state index contributed by atoms with van der Waals surface area (Å²) in [5, 5.41) is 23.1. The lowest BCUT2D eigenvalue weighted by Crippen LogP contribution is -2.27. The lowest BCUT2D eigenvalue weighted by atomic mass is 10.1. The number of hydrogen-bond acceptors (Lipinski definition) is 9. The Balaban J connectivity index is 1.75. The molecule has 0 radical (unpaired) electrons. The number of benzene rings is 3. The first-order valence-electron chi connectivity index (χ1n) is 10.0. The molecule has 0 N–H and O–H groups in total. The highest BCUT2D eigenvalue weighted by molar-refractivity contribution is 8.27. The lowest BCUT2D eigenvalue weighted by Gasteiger charge is -2.15. The summed E-state index contributed by atoms with van der Waals surface area (Å²) in [6.45, 7) is 0. The normalized spacial score (nSPS) is 14.3. The predicted molar refractivity (Wildman–Crippen MR) is 140 cm³/mol. The maximum absolute atomic E-state index is 13.2. The molecule has 36 heavy (non-hydrogen) atoms. The maximum Gasteiger partial charge on any atom is 0.318 e. The lowest BCUT2D eigenvalue weighted by molar-refractivity contribution is -0.394. The van der Waals surface area contributed by atoms with Gasteiger partial charge in [-0.3, -0.25) is 29.9 Å². The summed E-state index contributed by atoms with van der Waals surface area (Å²) < 4.78 is 11.5. The number of carbonyl (C=O) groups is 1. The Hall–Kier alpha value is -4.00. The van der Waals surface area contributed by atoms with E-state index in [2.05, 4.69) is 0 Å². The van der Waals surface area contributed by atoms with Crippen molar-refractivity contribution in [3.05, 3.63) is 96.4 Å². The largest absolute Gasteiger partial charge is 0.493 e. The van der Waals surface area contributed by atoms with E-state index in [-0.39, 0.29) is 28.1 Å². The molecule has 1 aliphatic rings. The van der Waals surface area contributed by atoms with E-state index in [4.69, 9.17) is 33.3 Å². The summed E-state index contributed by atoms with van der Waals surface area (Å²) in [5.74, 6) is -0.328. The van der Waals surface area contributed by atoms with Crippen molar-refractivity contribution in [2.45, 2.75) is 0 Å². The Kier molecular flexibility index (Phi) is 7.20. The molecular weight excluding hydrogens is 530 g/mol. The van der Waals surface area contributed by atoms with Crippen molar-refractivity contribution in [3.8, 4) is 17.2 Å². The first-order chi connectivity index (χ1) is 17.2. The Labute approximate surface area is 218 Å².